The molecule has 2 N–H and O–H groups in total. The van der Waals surface area contributed by atoms with E-state index in [1.54, 1.807) is 18.2 Å². The number of hydrogen-bond acceptors (Lipinski definition) is 3. The molecule has 3 aromatic rings. The van der Waals surface area contributed by atoms with E-state index in [1.807, 2.05) is 48.5 Å². The summed E-state index contributed by atoms with van der Waals surface area (Å²) in [6.07, 6.45) is 0. The number of hydrogen-bond donors (Lipinski definition) is 2. The van der Waals surface area contributed by atoms with Crippen LogP contribution < -0.4 is 10.0 Å². The predicted octanol–water partition coefficient (Wildman–Crippen LogP) is 5.13. The van der Waals surface area contributed by atoms with Gasteiger partial charge in [0.2, 0.25) is 10.0 Å². The normalized spacial score (nSPS) is 12.5. The number of anilines is 1. The second-order valence-electron chi connectivity index (χ2n) is 5.89. The van der Waals surface area contributed by atoms with Gasteiger partial charge < -0.3 is 5.32 Å². The molecule has 0 heterocycles. The van der Waals surface area contributed by atoms with Crippen molar-refractivity contribution in [2.75, 3.05) is 11.9 Å². The van der Waals surface area contributed by atoms with Crippen LogP contribution in [-0.4, -0.2) is 15.0 Å². The summed E-state index contributed by atoms with van der Waals surface area (Å²) in [5.41, 5.74) is 1.68. The SMILES string of the molecule is O=S(=O)(NCC(Nc1ccccc1Cl)c1ccccc1)c1ccc(Cl)cc1. The molecule has 0 spiro atoms. The third kappa shape index (κ3) is 5.23. The standard InChI is InChI=1S/C20H18Cl2N2O2S/c21-16-10-12-17(13-11-16)27(25,26)23-14-20(15-6-2-1-3-7-15)24-19-9-5-4-8-18(19)22/h1-13,20,23-24H,14H2. The van der Waals surface area contributed by atoms with E-state index in [1.165, 1.54) is 12.1 Å². The highest BCUT2D eigenvalue weighted by Crippen LogP contribution is 2.26. The number of nitrogens with one attached hydrogen (secondary N) is 2. The molecule has 0 saturated heterocycles. The summed E-state index contributed by atoms with van der Waals surface area (Å²) in [5, 5.41) is 4.37. The molecule has 3 rings (SSSR count). The summed E-state index contributed by atoms with van der Waals surface area (Å²) in [7, 11) is -3.66. The summed E-state index contributed by atoms with van der Waals surface area (Å²) in [6.45, 7) is 0.153. The van der Waals surface area contributed by atoms with Crippen molar-refractivity contribution in [2.45, 2.75) is 10.9 Å². The number of benzene rings is 3. The first-order valence-corrected chi connectivity index (χ1v) is 10.5. The van der Waals surface area contributed by atoms with E-state index in [0.29, 0.717) is 10.0 Å². The topological polar surface area (TPSA) is 58.2 Å². The molecule has 140 valence electrons. The zero-order valence-corrected chi connectivity index (χ0v) is 16.6. The van der Waals surface area contributed by atoms with Crippen LogP contribution in [-0.2, 0) is 10.0 Å². The molecule has 0 aliphatic rings. The van der Waals surface area contributed by atoms with Gasteiger partial charge in [-0.3, -0.25) is 0 Å². The molecule has 27 heavy (non-hydrogen) atoms. The van der Waals surface area contributed by atoms with Crippen molar-refractivity contribution in [3.63, 3.8) is 0 Å². The first-order valence-electron chi connectivity index (χ1n) is 8.27. The zero-order valence-electron chi connectivity index (χ0n) is 14.3. The van der Waals surface area contributed by atoms with Crippen LogP contribution in [0.5, 0.6) is 0 Å². The fourth-order valence-electron chi connectivity index (χ4n) is 2.59. The lowest BCUT2D eigenvalue weighted by molar-refractivity contribution is 0.576. The third-order valence-corrected chi connectivity index (χ3v) is 6.03. The van der Waals surface area contributed by atoms with E-state index < -0.39 is 10.0 Å². The van der Waals surface area contributed by atoms with Gasteiger partial charge in [0.25, 0.3) is 0 Å². The van der Waals surface area contributed by atoms with Crippen LogP contribution in [0.3, 0.4) is 0 Å². The van der Waals surface area contributed by atoms with E-state index in [2.05, 4.69) is 10.0 Å². The Morgan fingerprint density at radius 3 is 2.11 bits per heavy atom. The molecule has 0 aliphatic carbocycles. The number of rotatable bonds is 7. The van der Waals surface area contributed by atoms with Crippen LogP contribution in [0.15, 0.2) is 83.8 Å². The Hall–Kier alpha value is -2.05. The molecule has 0 aliphatic heterocycles. The van der Waals surface area contributed by atoms with Gasteiger partial charge in [0.1, 0.15) is 0 Å². The first-order chi connectivity index (χ1) is 13.0. The molecule has 1 atom stereocenters. The molecule has 7 heteroatoms. The Labute approximate surface area is 169 Å². The van der Waals surface area contributed by atoms with Gasteiger partial charge in [-0.05, 0) is 42.0 Å². The summed E-state index contributed by atoms with van der Waals surface area (Å²) in [4.78, 5) is 0.163. The number of para-hydroxylation sites is 1. The average molecular weight is 421 g/mol. The highest BCUT2D eigenvalue weighted by Gasteiger charge is 2.19. The summed E-state index contributed by atoms with van der Waals surface area (Å²) >= 11 is 12.1. The van der Waals surface area contributed by atoms with Crippen molar-refractivity contribution < 1.29 is 8.42 Å². The van der Waals surface area contributed by atoms with E-state index >= 15 is 0 Å². The minimum absolute atomic E-state index is 0.153. The smallest absolute Gasteiger partial charge is 0.240 e. The second kappa shape index (κ2) is 8.76. The number of halogens is 2. The molecule has 0 amide bonds. The van der Waals surface area contributed by atoms with Gasteiger partial charge in [0.15, 0.2) is 0 Å². The van der Waals surface area contributed by atoms with Crippen LogP contribution in [0.25, 0.3) is 0 Å². The largest absolute Gasteiger partial charge is 0.376 e. The van der Waals surface area contributed by atoms with Crippen molar-refractivity contribution in [1.29, 1.82) is 0 Å². The number of sulfonamides is 1. The lowest BCUT2D eigenvalue weighted by Gasteiger charge is -2.22. The van der Waals surface area contributed by atoms with Gasteiger partial charge in [-0.2, -0.15) is 0 Å². The fourth-order valence-corrected chi connectivity index (χ4v) is 3.96. The predicted molar refractivity (Wildman–Crippen MR) is 111 cm³/mol. The van der Waals surface area contributed by atoms with Crippen molar-refractivity contribution >= 4 is 38.9 Å². The average Bonchev–Trinajstić information content (AvgIpc) is 2.67. The van der Waals surface area contributed by atoms with Crippen molar-refractivity contribution in [2.24, 2.45) is 0 Å². The quantitative estimate of drug-likeness (QED) is 0.557. The van der Waals surface area contributed by atoms with E-state index in [9.17, 15) is 8.42 Å². The maximum Gasteiger partial charge on any atom is 0.240 e. The van der Waals surface area contributed by atoms with Crippen molar-refractivity contribution in [1.82, 2.24) is 4.72 Å². The van der Waals surface area contributed by atoms with Crippen LogP contribution in [0.1, 0.15) is 11.6 Å². The van der Waals surface area contributed by atoms with E-state index in [0.717, 1.165) is 11.3 Å². The van der Waals surface area contributed by atoms with Gasteiger partial charge in [-0.25, -0.2) is 13.1 Å². The highest BCUT2D eigenvalue weighted by molar-refractivity contribution is 7.89. The fraction of sp³-hybridized carbons (Fsp3) is 0.100. The molecule has 0 fully saturated rings. The Morgan fingerprint density at radius 2 is 1.44 bits per heavy atom. The van der Waals surface area contributed by atoms with Gasteiger partial charge in [-0.15, -0.1) is 0 Å². The molecule has 0 saturated carbocycles. The maximum absolute atomic E-state index is 12.6. The van der Waals surface area contributed by atoms with Gasteiger partial charge in [0, 0.05) is 11.6 Å². The molecule has 0 radical (unpaired) electrons. The Balaban J connectivity index is 1.81. The second-order valence-corrected chi connectivity index (χ2v) is 8.50. The molecule has 0 aromatic heterocycles. The molecule has 3 aromatic carbocycles. The molecule has 4 nitrogen and oxygen atoms in total. The van der Waals surface area contributed by atoms with Crippen molar-refractivity contribution in [3.05, 3.63) is 94.5 Å². The zero-order chi connectivity index (χ0) is 19.3. The van der Waals surface area contributed by atoms with Crippen molar-refractivity contribution in [3.8, 4) is 0 Å². The lowest BCUT2D eigenvalue weighted by atomic mass is 10.1. The molecule has 1 unspecified atom stereocenters. The van der Waals surface area contributed by atoms with Crippen LogP contribution in [0.4, 0.5) is 5.69 Å². The first kappa shape index (κ1) is 19.7. The Bertz CT molecular complexity index is 994. The monoisotopic (exact) mass is 420 g/mol. The molecule has 0 bridgehead atoms. The molecular formula is C20H18Cl2N2O2S. The Morgan fingerprint density at radius 1 is 0.815 bits per heavy atom. The van der Waals surface area contributed by atoms with E-state index in [-0.39, 0.29) is 17.5 Å². The van der Waals surface area contributed by atoms with E-state index in [4.69, 9.17) is 23.2 Å². The summed E-state index contributed by atoms with van der Waals surface area (Å²) < 4.78 is 27.8. The highest BCUT2D eigenvalue weighted by atomic mass is 35.5. The molecular weight excluding hydrogens is 403 g/mol. The summed E-state index contributed by atoms with van der Waals surface area (Å²) in [6, 6.07) is 22.7. The van der Waals surface area contributed by atoms with Gasteiger partial charge in [-0.1, -0.05) is 65.7 Å². The third-order valence-electron chi connectivity index (χ3n) is 4.01. The summed E-state index contributed by atoms with van der Waals surface area (Å²) in [5.74, 6) is 0. The lowest BCUT2D eigenvalue weighted by Crippen LogP contribution is -2.31. The minimum atomic E-state index is -3.66. The Kier molecular flexibility index (Phi) is 6.39. The minimum Gasteiger partial charge on any atom is -0.376 e. The van der Waals surface area contributed by atoms with Crippen LogP contribution in [0, 0.1) is 0 Å². The van der Waals surface area contributed by atoms with Crippen LogP contribution >= 0.6 is 23.2 Å². The van der Waals surface area contributed by atoms with Crippen LogP contribution in [0.2, 0.25) is 10.0 Å². The maximum atomic E-state index is 12.6. The van der Waals surface area contributed by atoms with Gasteiger partial charge in [0.05, 0.1) is 21.6 Å². The van der Waals surface area contributed by atoms with Gasteiger partial charge >= 0.3 is 0 Å².